The fourth-order valence-corrected chi connectivity index (χ4v) is 2.71. The Morgan fingerprint density at radius 2 is 2.10 bits per heavy atom. The number of benzene rings is 2. The Hall–Kier alpha value is -2.21. The van der Waals surface area contributed by atoms with Gasteiger partial charge >= 0.3 is 0 Å². The molecule has 2 aromatic carbocycles. The number of nitrogens with one attached hydrogen (secondary N) is 1. The number of hydrogen-bond acceptors (Lipinski definition) is 4. The number of fused-ring (bicyclic) bond motifs is 1. The Morgan fingerprint density at radius 3 is 2.90 bits per heavy atom. The van der Waals surface area contributed by atoms with Crippen LogP contribution in [0.3, 0.4) is 0 Å². The fraction of sp³-hybridized carbons (Fsp3) is 0.0714. The van der Waals surface area contributed by atoms with Crippen LogP contribution in [0.2, 0.25) is 0 Å². The summed E-state index contributed by atoms with van der Waals surface area (Å²) in [6.07, 6.45) is 0. The molecule has 0 spiro atoms. The topological polar surface area (TPSA) is 63.9 Å². The molecule has 6 heteroatoms. The molecule has 0 saturated heterocycles. The summed E-state index contributed by atoms with van der Waals surface area (Å²) in [4.78, 5) is 8.22. The van der Waals surface area contributed by atoms with Crippen molar-refractivity contribution in [3.63, 3.8) is 0 Å². The predicted octanol–water partition coefficient (Wildman–Crippen LogP) is 3.44. The molecule has 0 aliphatic rings. The lowest BCUT2D eigenvalue weighted by Gasteiger charge is -2.02. The molecule has 0 unspecified atom stereocenters. The number of aromatic nitrogens is 2. The minimum atomic E-state index is -0.320. The second-order valence-electron chi connectivity index (χ2n) is 4.21. The van der Waals surface area contributed by atoms with Crippen LogP contribution in [-0.4, -0.2) is 17.1 Å². The highest BCUT2D eigenvalue weighted by molar-refractivity contribution is 7.99. The van der Waals surface area contributed by atoms with Crippen molar-refractivity contribution < 1.29 is 9.13 Å². The third-order valence-corrected chi connectivity index (χ3v) is 3.81. The molecule has 3 rings (SSSR count). The Bertz CT molecular complexity index is 772. The number of nitrogens with zero attached hydrogens (tertiary/aromatic N) is 1. The largest absolute Gasteiger partial charge is 0.497 e. The Balaban J connectivity index is 1.96. The number of rotatable bonds is 3. The number of H-pyrrole nitrogens is 1. The molecule has 0 atom stereocenters. The number of nitrogen functional groups attached to an aromatic ring is 1. The lowest BCUT2D eigenvalue weighted by molar-refractivity contribution is 0.415. The summed E-state index contributed by atoms with van der Waals surface area (Å²) in [5, 5.41) is 0.658. The molecule has 20 heavy (non-hydrogen) atoms. The summed E-state index contributed by atoms with van der Waals surface area (Å²) in [6.45, 7) is 0. The molecule has 3 aromatic rings. The van der Waals surface area contributed by atoms with Gasteiger partial charge in [-0.05, 0) is 42.1 Å². The second-order valence-corrected chi connectivity index (χ2v) is 5.24. The summed E-state index contributed by atoms with van der Waals surface area (Å²) < 4.78 is 18.4. The van der Waals surface area contributed by atoms with Crippen molar-refractivity contribution in [2.75, 3.05) is 12.8 Å². The summed E-state index contributed by atoms with van der Waals surface area (Å²) in [5.41, 5.74) is 8.04. The number of hydrogen-bond donors (Lipinski definition) is 2. The molecule has 0 radical (unpaired) electrons. The maximum absolute atomic E-state index is 13.2. The van der Waals surface area contributed by atoms with Gasteiger partial charge in [0.25, 0.3) is 0 Å². The second kappa shape index (κ2) is 5.05. The van der Waals surface area contributed by atoms with Crippen LogP contribution < -0.4 is 10.5 Å². The average molecular weight is 289 g/mol. The van der Waals surface area contributed by atoms with Crippen molar-refractivity contribution in [1.82, 2.24) is 9.97 Å². The summed E-state index contributed by atoms with van der Waals surface area (Å²) in [5.74, 6) is 0.433. The molecule has 0 amide bonds. The lowest BCUT2D eigenvalue weighted by atomic mass is 10.3. The van der Waals surface area contributed by atoms with Crippen molar-refractivity contribution in [2.45, 2.75) is 10.1 Å². The van der Waals surface area contributed by atoms with Gasteiger partial charge in [-0.2, -0.15) is 0 Å². The summed E-state index contributed by atoms with van der Waals surface area (Å²) in [6, 6.07) is 9.85. The molecule has 0 bridgehead atoms. The first kappa shape index (κ1) is 12.8. The van der Waals surface area contributed by atoms with Crippen LogP contribution in [0.15, 0.2) is 46.5 Å². The molecule has 4 nitrogen and oxygen atoms in total. The number of halogens is 1. The monoisotopic (exact) mass is 289 g/mol. The van der Waals surface area contributed by atoms with E-state index in [1.54, 1.807) is 13.2 Å². The van der Waals surface area contributed by atoms with Crippen LogP contribution in [0.4, 0.5) is 10.1 Å². The first-order valence-electron chi connectivity index (χ1n) is 5.92. The van der Waals surface area contributed by atoms with Gasteiger partial charge in [0.1, 0.15) is 11.6 Å². The number of anilines is 1. The molecule has 0 aliphatic carbocycles. The fourth-order valence-electron chi connectivity index (χ4n) is 1.84. The van der Waals surface area contributed by atoms with Crippen LogP contribution >= 0.6 is 11.8 Å². The summed E-state index contributed by atoms with van der Waals surface area (Å²) in [7, 11) is 1.61. The zero-order valence-corrected chi connectivity index (χ0v) is 11.5. The minimum absolute atomic E-state index is 0.320. The smallest absolute Gasteiger partial charge is 0.171 e. The number of methoxy groups -OCH3 is 1. The minimum Gasteiger partial charge on any atom is -0.497 e. The normalized spacial score (nSPS) is 10.9. The standard InChI is InChI=1S/C14H12FN3OS/c1-19-9-3-5-11-12(7-9)18-14(17-11)20-13-6-8(15)2-4-10(13)16/h2-7H,16H2,1H3,(H,17,18). The van der Waals surface area contributed by atoms with E-state index in [9.17, 15) is 4.39 Å². The SMILES string of the molecule is COc1ccc2nc(Sc3cc(F)ccc3N)[nH]c2c1. The molecular weight excluding hydrogens is 277 g/mol. The number of imidazole rings is 1. The first-order chi connectivity index (χ1) is 9.65. The van der Waals surface area contributed by atoms with E-state index in [-0.39, 0.29) is 5.82 Å². The van der Waals surface area contributed by atoms with E-state index in [1.807, 2.05) is 18.2 Å². The molecule has 1 heterocycles. The van der Waals surface area contributed by atoms with Gasteiger partial charge in [-0.15, -0.1) is 0 Å². The van der Waals surface area contributed by atoms with Gasteiger partial charge in [-0.3, -0.25) is 0 Å². The predicted molar refractivity (Wildman–Crippen MR) is 77.6 cm³/mol. The maximum Gasteiger partial charge on any atom is 0.171 e. The van der Waals surface area contributed by atoms with E-state index < -0.39 is 0 Å². The highest BCUT2D eigenvalue weighted by atomic mass is 32.2. The highest BCUT2D eigenvalue weighted by Crippen LogP contribution is 2.32. The molecule has 102 valence electrons. The zero-order chi connectivity index (χ0) is 14.1. The van der Waals surface area contributed by atoms with E-state index in [0.29, 0.717) is 15.7 Å². The number of ether oxygens (including phenoxy) is 1. The third kappa shape index (κ3) is 2.42. The van der Waals surface area contributed by atoms with Gasteiger partial charge in [0, 0.05) is 16.6 Å². The summed E-state index contributed by atoms with van der Waals surface area (Å²) >= 11 is 1.30. The van der Waals surface area contributed by atoms with Crippen molar-refractivity contribution >= 4 is 28.5 Å². The Morgan fingerprint density at radius 1 is 1.25 bits per heavy atom. The zero-order valence-electron chi connectivity index (χ0n) is 10.7. The molecule has 1 aromatic heterocycles. The van der Waals surface area contributed by atoms with Gasteiger partial charge in [-0.25, -0.2) is 9.37 Å². The van der Waals surface area contributed by atoms with E-state index in [2.05, 4.69) is 9.97 Å². The van der Waals surface area contributed by atoms with Crippen LogP contribution in [0.1, 0.15) is 0 Å². The maximum atomic E-state index is 13.2. The van der Waals surface area contributed by atoms with Gasteiger partial charge in [0.15, 0.2) is 5.16 Å². The highest BCUT2D eigenvalue weighted by Gasteiger charge is 2.08. The van der Waals surface area contributed by atoms with Crippen LogP contribution in [-0.2, 0) is 0 Å². The van der Waals surface area contributed by atoms with Crippen molar-refractivity contribution in [3.05, 3.63) is 42.2 Å². The third-order valence-electron chi connectivity index (χ3n) is 2.85. The van der Waals surface area contributed by atoms with Gasteiger partial charge < -0.3 is 15.5 Å². The quantitative estimate of drug-likeness (QED) is 0.725. The van der Waals surface area contributed by atoms with E-state index >= 15 is 0 Å². The number of nitrogens with two attached hydrogens (primary N) is 1. The van der Waals surface area contributed by atoms with Crippen molar-refractivity contribution in [3.8, 4) is 5.75 Å². The molecule has 0 saturated carbocycles. The van der Waals surface area contributed by atoms with E-state index in [4.69, 9.17) is 10.5 Å². The number of aromatic amines is 1. The van der Waals surface area contributed by atoms with Gasteiger partial charge in [-0.1, -0.05) is 0 Å². The van der Waals surface area contributed by atoms with E-state index in [1.165, 1.54) is 23.9 Å². The van der Waals surface area contributed by atoms with Crippen LogP contribution in [0, 0.1) is 5.82 Å². The van der Waals surface area contributed by atoms with E-state index in [0.717, 1.165) is 16.8 Å². The Kier molecular flexibility index (Phi) is 3.23. The average Bonchev–Trinajstić information content (AvgIpc) is 2.84. The Labute approximate surface area is 119 Å². The molecule has 0 aliphatic heterocycles. The van der Waals surface area contributed by atoms with Crippen molar-refractivity contribution in [1.29, 1.82) is 0 Å². The van der Waals surface area contributed by atoms with Gasteiger partial charge in [0.2, 0.25) is 0 Å². The molecular formula is C14H12FN3OS. The first-order valence-corrected chi connectivity index (χ1v) is 6.74. The van der Waals surface area contributed by atoms with Crippen molar-refractivity contribution in [2.24, 2.45) is 0 Å². The van der Waals surface area contributed by atoms with Crippen LogP contribution in [0.5, 0.6) is 5.75 Å². The van der Waals surface area contributed by atoms with Crippen LogP contribution in [0.25, 0.3) is 11.0 Å². The lowest BCUT2D eigenvalue weighted by Crippen LogP contribution is -1.89. The van der Waals surface area contributed by atoms with Gasteiger partial charge in [0.05, 0.1) is 18.1 Å². The molecule has 0 fully saturated rings. The molecule has 3 N–H and O–H groups in total.